The zero-order valence-corrected chi connectivity index (χ0v) is 15.7. The standard InChI is InChI=1S/C16H15F3N4O2S2/c1-2-8-20-27(24,25)11-5-3-10(4-6-11)21-14-13-12(7-9-26-13)22-15(23-14)16(17,18)19/h3-7,9,20H,2,8H2,1H3,(H,21,22,23). The number of hydrogen-bond donors (Lipinski definition) is 2. The molecule has 0 aliphatic heterocycles. The van der Waals surface area contributed by atoms with E-state index in [0.717, 1.165) is 0 Å². The van der Waals surface area contributed by atoms with E-state index in [0.29, 0.717) is 23.4 Å². The number of nitrogens with zero attached hydrogens (tertiary/aromatic N) is 2. The molecule has 3 aromatic rings. The highest BCUT2D eigenvalue weighted by Gasteiger charge is 2.35. The lowest BCUT2D eigenvalue weighted by atomic mass is 10.3. The fourth-order valence-corrected chi connectivity index (χ4v) is 4.16. The first-order valence-electron chi connectivity index (χ1n) is 7.90. The van der Waals surface area contributed by atoms with Gasteiger partial charge in [-0.15, -0.1) is 11.3 Å². The maximum Gasteiger partial charge on any atom is 0.451 e. The van der Waals surface area contributed by atoms with Crippen LogP contribution in [0.1, 0.15) is 19.2 Å². The van der Waals surface area contributed by atoms with E-state index in [-0.39, 0.29) is 16.2 Å². The molecular weight excluding hydrogens is 401 g/mol. The minimum Gasteiger partial charge on any atom is -0.339 e. The molecule has 11 heteroatoms. The highest BCUT2D eigenvalue weighted by atomic mass is 32.2. The predicted octanol–water partition coefficient (Wildman–Crippen LogP) is 4.14. The van der Waals surface area contributed by atoms with Gasteiger partial charge in [-0.05, 0) is 42.1 Å². The SMILES string of the molecule is CCCNS(=O)(=O)c1ccc(Nc2nc(C(F)(F)F)nc3ccsc23)cc1. The number of fused-ring (bicyclic) bond motifs is 1. The molecule has 0 unspecified atom stereocenters. The predicted molar refractivity (Wildman–Crippen MR) is 97.6 cm³/mol. The first-order chi connectivity index (χ1) is 12.7. The molecule has 0 atom stereocenters. The van der Waals surface area contributed by atoms with Crippen molar-refractivity contribution in [1.29, 1.82) is 0 Å². The van der Waals surface area contributed by atoms with Crippen LogP contribution >= 0.6 is 11.3 Å². The summed E-state index contributed by atoms with van der Waals surface area (Å²) in [5.74, 6) is -1.22. The van der Waals surface area contributed by atoms with Gasteiger partial charge >= 0.3 is 6.18 Å². The Bertz CT molecular complexity index is 1050. The van der Waals surface area contributed by atoms with Crippen LogP contribution in [0.5, 0.6) is 0 Å². The Balaban J connectivity index is 1.91. The molecule has 1 aromatic carbocycles. The van der Waals surface area contributed by atoms with Gasteiger partial charge in [-0.3, -0.25) is 0 Å². The summed E-state index contributed by atoms with van der Waals surface area (Å²) in [6, 6.07) is 7.16. The normalized spacial score (nSPS) is 12.4. The Hall–Kier alpha value is -2.24. The number of alkyl halides is 3. The van der Waals surface area contributed by atoms with Crippen molar-refractivity contribution in [3.8, 4) is 0 Å². The number of anilines is 2. The van der Waals surface area contributed by atoms with Crippen molar-refractivity contribution in [2.24, 2.45) is 0 Å². The highest BCUT2D eigenvalue weighted by Crippen LogP contribution is 2.33. The van der Waals surface area contributed by atoms with E-state index < -0.39 is 22.0 Å². The second-order valence-corrected chi connectivity index (χ2v) is 8.26. The van der Waals surface area contributed by atoms with Gasteiger partial charge in [0.1, 0.15) is 0 Å². The number of aromatic nitrogens is 2. The lowest BCUT2D eigenvalue weighted by molar-refractivity contribution is -0.144. The lowest BCUT2D eigenvalue weighted by Crippen LogP contribution is -2.24. The van der Waals surface area contributed by atoms with Gasteiger partial charge in [0.2, 0.25) is 15.8 Å². The largest absolute Gasteiger partial charge is 0.451 e. The minimum absolute atomic E-state index is 0.0158. The Morgan fingerprint density at radius 1 is 1.11 bits per heavy atom. The lowest BCUT2D eigenvalue weighted by Gasteiger charge is -2.11. The van der Waals surface area contributed by atoms with Crippen LogP contribution in [0, 0.1) is 0 Å². The third kappa shape index (κ3) is 4.37. The van der Waals surface area contributed by atoms with Crippen molar-refractivity contribution < 1.29 is 21.6 Å². The maximum atomic E-state index is 13.0. The molecule has 0 amide bonds. The summed E-state index contributed by atoms with van der Waals surface area (Å²) >= 11 is 1.21. The molecule has 0 fully saturated rings. The van der Waals surface area contributed by atoms with E-state index in [2.05, 4.69) is 20.0 Å². The molecule has 0 aliphatic carbocycles. The number of nitrogens with one attached hydrogen (secondary N) is 2. The third-order valence-electron chi connectivity index (χ3n) is 3.53. The minimum atomic E-state index is -4.67. The van der Waals surface area contributed by atoms with Crippen LogP contribution in [0.3, 0.4) is 0 Å². The molecule has 144 valence electrons. The molecule has 6 nitrogen and oxygen atoms in total. The van der Waals surface area contributed by atoms with E-state index in [1.165, 1.54) is 41.7 Å². The van der Waals surface area contributed by atoms with Crippen LogP contribution in [0.25, 0.3) is 10.2 Å². The van der Waals surface area contributed by atoms with Gasteiger partial charge in [-0.1, -0.05) is 6.92 Å². The molecule has 3 rings (SSSR count). The van der Waals surface area contributed by atoms with Crippen LogP contribution in [0.2, 0.25) is 0 Å². The first-order valence-corrected chi connectivity index (χ1v) is 10.3. The quantitative estimate of drug-likeness (QED) is 0.631. The number of benzene rings is 1. The van der Waals surface area contributed by atoms with Crippen molar-refractivity contribution in [3.05, 3.63) is 41.5 Å². The van der Waals surface area contributed by atoms with Gasteiger partial charge in [-0.2, -0.15) is 13.2 Å². The highest BCUT2D eigenvalue weighted by molar-refractivity contribution is 7.89. The van der Waals surface area contributed by atoms with E-state index in [9.17, 15) is 21.6 Å². The Morgan fingerprint density at radius 2 is 1.81 bits per heavy atom. The summed E-state index contributed by atoms with van der Waals surface area (Å²) in [4.78, 5) is 7.19. The fraction of sp³-hybridized carbons (Fsp3) is 0.250. The summed E-state index contributed by atoms with van der Waals surface area (Å²) < 4.78 is 66.1. The van der Waals surface area contributed by atoms with Crippen molar-refractivity contribution in [2.45, 2.75) is 24.4 Å². The summed E-state index contributed by atoms with van der Waals surface area (Å²) in [5.41, 5.74) is 0.596. The molecule has 27 heavy (non-hydrogen) atoms. The molecule has 0 saturated carbocycles. The van der Waals surface area contributed by atoms with Crippen molar-refractivity contribution in [2.75, 3.05) is 11.9 Å². The number of rotatable bonds is 6. The zero-order valence-electron chi connectivity index (χ0n) is 14.0. The molecule has 0 saturated heterocycles. The number of halogens is 3. The summed E-state index contributed by atoms with van der Waals surface area (Å²) in [6.07, 6.45) is -4.01. The third-order valence-corrected chi connectivity index (χ3v) is 5.91. The smallest absolute Gasteiger partial charge is 0.339 e. The van der Waals surface area contributed by atoms with Gasteiger partial charge < -0.3 is 5.32 Å². The molecule has 0 aliphatic rings. The van der Waals surface area contributed by atoms with Gasteiger partial charge in [0.05, 0.1) is 15.1 Å². The molecular formula is C16H15F3N4O2S2. The van der Waals surface area contributed by atoms with Gasteiger partial charge in [0.25, 0.3) is 0 Å². The van der Waals surface area contributed by atoms with Crippen LogP contribution in [-0.4, -0.2) is 24.9 Å². The van der Waals surface area contributed by atoms with Gasteiger partial charge in [-0.25, -0.2) is 23.1 Å². The second kappa shape index (κ2) is 7.41. The molecule has 2 aromatic heterocycles. The molecule has 0 radical (unpaired) electrons. The van der Waals surface area contributed by atoms with E-state index in [1.807, 2.05) is 6.92 Å². The van der Waals surface area contributed by atoms with Gasteiger partial charge in [0, 0.05) is 12.2 Å². The summed E-state index contributed by atoms with van der Waals surface area (Å²) in [5, 5.41) is 4.44. The van der Waals surface area contributed by atoms with E-state index in [1.54, 1.807) is 5.38 Å². The summed E-state index contributed by atoms with van der Waals surface area (Å²) in [7, 11) is -3.61. The Morgan fingerprint density at radius 3 is 2.44 bits per heavy atom. The summed E-state index contributed by atoms with van der Waals surface area (Å²) in [6.45, 7) is 2.16. The molecule has 2 N–H and O–H groups in total. The topological polar surface area (TPSA) is 84.0 Å². The number of sulfonamides is 1. The van der Waals surface area contributed by atoms with Crippen LogP contribution < -0.4 is 10.0 Å². The average Bonchev–Trinajstić information content (AvgIpc) is 3.09. The van der Waals surface area contributed by atoms with Crippen LogP contribution in [-0.2, 0) is 16.2 Å². The van der Waals surface area contributed by atoms with Crippen molar-refractivity contribution >= 4 is 43.1 Å². The van der Waals surface area contributed by atoms with E-state index in [4.69, 9.17) is 0 Å². The fourth-order valence-electron chi connectivity index (χ4n) is 2.25. The number of thiophene rings is 1. The van der Waals surface area contributed by atoms with Crippen molar-refractivity contribution in [3.63, 3.8) is 0 Å². The number of hydrogen-bond acceptors (Lipinski definition) is 6. The van der Waals surface area contributed by atoms with Crippen molar-refractivity contribution in [1.82, 2.24) is 14.7 Å². The monoisotopic (exact) mass is 416 g/mol. The molecule has 2 heterocycles. The van der Waals surface area contributed by atoms with Crippen LogP contribution in [0.4, 0.5) is 24.7 Å². The average molecular weight is 416 g/mol. The van der Waals surface area contributed by atoms with E-state index >= 15 is 0 Å². The first kappa shape index (κ1) is 19.5. The Kier molecular flexibility index (Phi) is 5.36. The van der Waals surface area contributed by atoms with Gasteiger partial charge in [0.15, 0.2) is 5.82 Å². The van der Waals surface area contributed by atoms with Crippen LogP contribution in [0.15, 0.2) is 40.6 Å². The molecule has 0 spiro atoms. The second-order valence-electron chi connectivity index (χ2n) is 5.58. The molecule has 0 bridgehead atoms. The maximum absolute atomic E-state index is 13.0. The Labute approximate surface area is 157 Å². The zero-order chi connectivity index (χ0) is 19.7.